The van der Waals surface area contributed by atoms with Crippen LogP contribution in [0.25, 0.3) is 0 Å². The molecule has 2 N–H and O–H groups in total. The minimum Gasteiger partial charge on any atom is -0.481 e. The van der Waals surface area contributed by atoms with Crippen LogP contribution in [0.1, 0.15) is 37.6 Å². The standard InChI is InChI=1S/C15H18ClNO5/c1-8(2)15(3,6-12(18)19)17-14(20)9-4-10(16)13-11(5-9)21-7-22-13/h4-5,8H,6-7H2,1-3H3,(H,17,20)(H,18,19). The van der Waals surface area contributed by atoms with Crippen molar-refractivity contribution in [3.63, 3.8) is 0 Å². The summed E-state index contributed by atoms with van der Waals surface area (Å²) in [6, 6.07) is 3.01. The zero-order valence-electron chi connectivity index (χ0n) is 12.6. The number of carboxylic acid groups (broad SMARTS) is 1. The van der Waals surface area contributed by atoms with Gasteiger partial charge < -0.3 is 19.9 Å². The Bertz CT molecular complexity index is 616. The average molecular weight is 328 g/mol. The fourth-order valence-corrected chi connectivity index (χ4v) is 2.40. The van der Waals surface area contributed by atoms with Crippen LogP contribution in [0.2, 0.25) is 5.02 Å². The maximum atomic E-state index is 12.4. The molecular formula is C15H18ClNO5. The topological polar surface area (TPSA) is 84.9 Å². The summed E-state index contributed by atoms with van der Waals surface area (Å²) < 4.78 is 10.4. The van der Waals surface area contributed by atoms with Crippen molar-refractivity contribution in [2.45, 2.75) is 32.7 Å². The molecule has 1 aliphatic heterocycles. The van der Waals surface area contributed by atoms with Gasteiger partial charge in [0, 0.05) is 5.56 Å². The van der Waals surface area contributed by atoms with Gasteiger partial charge in [0.25, 0.3) is 5.91 Å². The van der Waals surface area contributed by atoms with E-state index in [4.69, 9.17) is 26.2 Å². The molecule has 0 bridgehead atoms. The molecule has 0 saturated heterocycles. The predicted octanol–water partition coefficient (Wildman–Crippen LogP) is 2.69. The molecule has 1 aromatic carbocycles. The van der Waals surface area contributed by atoms with Crippen molar-refractivity contribution >= 4 is 23.5 Å². The third-order valence-corrected chi connectivity index (χ3v) is 4.16. The summed E-state index contributed by atoms with van der Waals surface area (Å²) >= 11 is 6.06. The van der Waals surface area contributed by atoms with Crippen molar-refractivity contribution < 1.29 is 24.2 Å². The molecule has 1 amide bonds. The van der Waals surface area contributed by atoms with Crippen LogP contribution in [0, 0.1) is 5.92 Å². The summed E-state index contributed by atoms with van der Waals surface area (Å²) in [4.78, 5) is 23.5. The Labute approximate surface area is 133 Å². The van der Waals surface area contributed by atoms with E-state index in [1.165, 1.54) is 12.1 Å². The van der Waals surface area contributed by atoms with Crippen LogP contribution in [0.15, 0.2) is 12.1 Å². The van der Waals surface area contributed by atoms with Crippen molar-refractivity contribution in [2.75, 3.05) is 6.79 Å². The second-order valence-electron chi connectivity index (χ2n) is 5.79. The second-order valence-corrected chi connectivity index (χ2v) is 6.20. The first-order valence-electron chi connectivity index (χ1n) is 6.86. The van der Waals surface area contributed by atoms with E-state index in [0.29, 0.717) is 17.1 Å². The minimum atomic E-state index is -0.972. The van der Waals surface area contributed by atoms with Gasteiger partial charge >= 0.3 is 5.97 Å². The molecule has 120 valence electrons. The molecule has 0 fully saturated rings. The zero-order valence-corrected chi connectivity index (χ0v) is 13.4. The number of benzene rings is 1. The SMILES string of the molecule is CC(C)C(C)(CC(=O)O)NC(=O)c1cc(Cl)c2c(c1)OCO2. The molecule has 0 spiro atoms. The van der Waals surface area contributed by atoms with Crippen molar-refractivity contribution in [1.29, 1.82) is 0 Å². The van der Waals surface area contributed by atoms with Gasteiger partial charge in [-0.1, -0.05) is 25.4 Å². The van der Waals surface area contributed by atoms with Crippen molar-refractivity contribution in [2.24, 2.45) is 5.92 Å². The van der Waals surface area contributed by atoms with Gasteiger partial charge in [0.15, 0.2) is 11.5 Å². The molecule has 0 aliphatic carbocycles. The summed E-state index contributed by atoms with van der Waals surface area (Å²) in [6.45, 7) is 5.48. The van der Waals surface area contributed by atoms with Gasteiger partial charge in [-0.25, -0.2) is 0 Å². The van der Waals surface area contributed by atoms with E-state index >= 15 is 0 Å². The largest absolute Gasteiger partial charge is 0.481 e. The molecule has 1 heterocycles. The van der Waals surface area contributed by atoms with Gasteiger partial charge in [-0.05, 0) is 25.0 Å². The van der Waals surface area contributed by atoms with Crippen LogP contribution in [0.4, 0.5) is 0 Å². The highest BCUT2D eigenvalue weighted by molar-refractivity contribution is 6.32. The Balaban J connectivity index is 2.24. The van der Waals surface area contributed by atoms with E-state index in [9.17, 15) is 9.59 Å². The Kier molecular flexibility index (Phi) is 4.51. The Morgan fingerprint density at radius 1 is 1.41 bits per heavy atom. The average Bonchev–Trinajstić information content (AvgIpc) is 2.86. The highest BCUT2D eigenvalue weighted by Gasteiger charge is 2.33. The van der Waals surface area contributed by atoms with Gasteiger partial charge in [0.1, 0.15) is 0 Å². The molecule has 6 nitrogen and oxygen atoms in total. The minimum absolute atomic E-state index is 0.0583. The highest BCUT2D eigenvalue weighted by Crippen LogP contribution is 2.39. The van der Waals surface area contributed by atoms with Gasteiger partial charge in [0.05, 0.1) is 17.0 Å². The lowest BCUT2D eigenvalue weighted by atomic mass is 9.85. The number of aliphatic carboxylic acids is 1. The van der Waals surface area contributed by atoms with Gasteiger partial charge in [-0.2, -0.15) is 0 Å². The molecule has 7 heteroatoms. The summed E-state index contributed by atoms with van der Waals surface area (Å²) in [5, 5.41) is 12.1. The van der Waals surface area contributed by atoms with Crippen LogP contribution in [-0.4, -0.2) is 29.3 Å². The van der Waals surface area contributed by atoms with Gasteiger partial charge in [-0.3, -0.25) is 9.59 Å². The fourth-order valence-electron chi connectivity index (χ4n) is 2.14. The van der Waals surface area contributed by atoms with E-state index in [-0.39, 0.29) is 24.2 Å². The predicted molar refractivity (Wildman–Crippen MR) is 80.5 cm³/mol. The lowest BCUT2D eigenvalue weighted by Crippen LogP contribution is -2.51. The first kappa shape index (κ1) is 16.4. The number of carboxylic acids is 1. The number of fused-ring (bicyclic) bond motifs is 1. The first-order valence-corrected chi connectivity index (χ1v) is 7.24. The summed E-state index contributed by atoms with van der Waals surface area (Å²) in [7, 11) is 0. The Morgan fingerprint density at radius 3 is 2.68 bits per heavy atom. The molecule has 2 rings (SSSR count). The van der Waals surface area contributed by atoms with Crippen LogP contribution in [0.5, 0.6) is 11.5 Å². The van der Waals surface area contributed by atoms with E-state index in [0.717, 1.165) is 0 Å². The van der Waals surface area contributed by atoms with Crippen LogP contribution >= 0.6 is 11.6 Å². The molecule has 1 atom stereocenters. The molecule has 22 heavy (non-hydrogen) atoms. The number of carbonyl (C=O) groups is 2. The third kappa shape index (κ3) is 3.27. The molecule has 1 unspecified atom stereocenters. The lowest BCUT2D eigenvalue weighted by molar-refractivity contribution is -0.138. The van der Waals surface area contributed by atoms with Gasteiger partial charge in [0.2, 0.25) is 6.79 Å². The summed E-state index contributed by atoms with van der Waals surface area (Å²) in [6.07, 6.45) is -0.172. The smallest absolute Gasteiger partial charge is 0.305 e. The van der Waals surface area contributed by atoms with E-state index in [1.807, 2.05) is 13.8 Å². The molecule has 1 aromatic rings. The third-order valence-electron chi connectivity index (χ3n) is 3.88. The van der Waals surface area contributed by atoms with E-state index in [1.54, 1.807) is 6.92 Å². The highest BCUT2D eigenvalue weighted by atomic mass is 35.5. The number of nitrogens with one attached hydrogen (secondary N) is 1. The maximum Gasteiger partial charge on any atom is 0.305 e. The molecule has 0 radical (unpaired) electrons. The van der Waals surface area contributed by atoms with Crippen molar-refractivity contribution in [3.05, 3.63) is 22.7 Å². The van der Waals surface area contributed by atoms with Crippen LogP contribution < -0.4 is 14.8 Å². The van der Waals surface area contributed by atoms with E-state index < -0.39 is 17.4 Å². The Morgan fingerprint density at radius 2 is 2.09 bits per heavy atom. The van der Waals surface area contributed by atoms with E-state index in [2.05, 4.69) is 5.32 Å². The number of rotatable bonds is 5. The first-order chi connectivity index (χ1) is 10.2. The summed E-state index contributed by atoms with van der Waals surface area (Å²) in [5.41, 5.74) is -0.572. The summed E-state index contributed by atoms with van der Waals surface area (Å²) in [5.74, 6) is -0.618. The number of carbonyl (C=O) groups excluding carboxylic acids is 1. The second kappa shape index (κ2) is 6.04. The molecule has 1 aliphatic rings. The number of hydrogen-bond donors (Lipinski definition) is 2. The van der Waals surface area contributed by atoms with Crippen molar-refractivity contribution in [3.8, 4) is 11.5 Å². The van der Waals surface area contributed by atoms with Crippen molar-refractivity contribution in [1.82, 2.24) is 5.32 Å². The molecule has 0 aromatic heterocycles. The molecular weight excluding hydrogens is 310 g/mol. The monoisotopic (exact) mass is 327 g/mol. The number of ether oxygens (including phenoxy) is 2. The molecule has 0 saturated carbocycles. The number of amides is 1. The number of hydrogen-bond acceptors (Lipinski definition) is 4. The van der Waals surface area contributed by atoms with Gasteiger partial charge in [-0.15, -0.1) is 0 Å². The van der Waals surface area contributed by atoms with Crippen LogP contribution in [0.3, 0.4) is 0 Å². The normalized spacial score (nSPS) is 15.5. The lowest BCUT2D eigenvalue weighted by Gasteiger charge is -2.33. The van der Waals surface area contributed by atoms with Crippen LogP contribution in [-0.2, 0) is 4.79 Å². The quantitative estimate of drug-likeness (QED) is 0.868. The fraction of sp³-hybridized carbons (Fsp3) is 0.467. The maximum absolute atomic E-state index is 12.4. The Hall–Kier alpha value is -1.95. The zero-order chi connectivity index (χ0) is 16.5. The number of halogens is 1.